The molecule has 1 fully saturated rings. The van der Waals surface area contributed by atoms with Gasteiger partial charge in [0.25, 0.3) is 0 Å². The number of benzene rings is 1. The zero-order valence-corrected chi connectivity index (χ0v) is 14.3. The minimum Gasteiger partial charge on any atom is -0.465 e. The average Bonchev–Trinajstić information content (AvgIpc) is 2.99. The van der Waals surface area contributed by atoms with Crippen LogP contribution < -0.4 is 9.62 Å². The second-order valence-electron chi connectivity index (χ2n) is 5.83. The van der Waals surface area contributed by atoms with Crippen LogP contribution in [0.3, 0.4) is 0 Å². The second-order valence-corrected chi connectivity index (χ2v) is 7.60. The number of furan rings is 1. The summed E-state index contributed by atoms with van der Waals surface area (Å²) in [6.07, 6.45) is 2.43. The van der Waals surface area contributed by atoms with E-state index in [0.717, 1.165) is 24.3 Å². The van der Waals surface area contributed by atoms with Crippen LogP contribution in [-0.2, 0) is 21.4 Å². The van der Waals surface area contributed by atoms with E-state index in [4.69, 9.17) is 4.42 Å². The largest absolute Gasteiger partial charge is 0.465 e. The maximum absolute atomic E-state index is 12.3. The number of hydrogen-bond acceptors (Lipinski definition) is 4. The fourth-order valence-electron chi connectivity index (χ4n) is 2.71. The summed E-state index contributed by atoms with van der Waals surface area (Å²) >= 11 is 0. The van der Waals surface area contributed by atoms with Crippen molar-refractivity contribution >= 4 is 21.6 Å². The highest BCUT2D eigenvalue weighted by atomic mass is 32.2. The lowest BCUT2D eigenvalue weighted by molar-refractivity contribution is -0.119. The molecule has 7 heteroatoms. The summed E-state index contributed by atoms with van der Waals surface area (Å²) in [5.41, 5.74) is 0.736. The molecule has 0 atom stereocenters. The van der Waals surface area contributed by atoms with E-state index in [1.165, 1.54) is 12.1 Å². The first-order valence-corrected chi connectivity index (χ1v) is 9.39. The number of nitrogens with one attached hydrogen (secondary N) is 1. The predicted octanol–water partition coefficient (Wildman–Crippen LogP) is 2.58. The zero-order valence-electron chi connectivity index (χ0n) is 13.5. The maximum atomic E-state index is 12.3. The molecule has 1 saturated heterocycles. The molecule has 1 amide bonds. The second kappa shape index (κ2) is 6.78. The van der Waals surface area contributed by atoms with Crippen molar-refractivity contribution in [3.8, 4) is 0 Å². The van der Waals surface area contributed by atoms with E-state index in [1.54, 1.807) is 36.1 Å². The zero-order chi connectivity index (χ0) is 17.2. The number of sulfonamides is 1. The van der Waals surface area contributed by atoms with E-state index >= 15 is 0 Å². The summed E-state index contributed by atoms with van der Waals surface area (Å²) in [4.78, 5) is 13.8. The van der Waals surface area contributed by atoms with Crippen molar-refractivity contribution < 1.29 is 17.6 Å². The molecule has 128 valence electrons. The molecule has 0 spiro atoms. The van der Waals surface area contributed by atoms with Crippen LogP contribution in [-0.4, -0.2) is 20.9 Å². The molecule has 3 rings (SSSR count). The molecule has 2 aromatic rings. The number of carbonyl (C=O) groups excluding carboxylic acids is 1. The highest BCUT2D eigenvalue weighted by Crippen LogP contribution is 2.22. The number of rotatable bonds is 5. The van der Waals surface area contributed by atoms with Gasteiger partial charge in [0.05, 0.1) is 11.4 Å². The Morgan fingerprint density at radius 1 is 1.12 bits per heavy atom. The lowest BCUT2D eigenvalue weighted by atomic mass is 10.1. The number of aryl methyl sites for hydroxylation is 1. The van der Waals surface area contributed by atoms with Gasteiger partial charge in [0.15, 0.2) is 0 Å². The van der Waals surface area contributed by atoms with E-state index in [9.17, 15) is 13.2 Å². The van der Waals surface area contributed by atoms with Crippen molar-refractivity contribution in [3.63, 3.8) is 0 Å². The minimum atomic E-state index is -3.62. The van der Waals surface area contributed by atoms with Gasteiger partial charge in [0, 0.05) is 18.7 Å². The van der Waals surface area contributed by atoms with Gasteiger partial charge in [-0.2, -0.15) is 0 Å². The molecule has 1 N–H and O–H groups in total. The van der Waals surface area contributed by atoms with Crippen molar-refractivity contribution in [1.82, 2.24) is 4.72 Å². The Balaban J connectivity index is 1.70. The molecule has 1 aromatic heterocycles. The van der Waals surface area contributed by atoms with Gasteiger partial charge in [-0.05, 0) is 56.2 Å². The van der Waals surface area contributed by atoms with Crippen LogP contribution in [0, 0.1) is 6.92 Å². The summed E-state index contributed by atoms with van der Waals surface area (Å²) in [5, 5.41) is 0. The van der Waals surface area contributed by atoms with E-state index in [-0.39, 0.29) is 17.3 Å². The highest BCUT2D eigenvalue weighted by molar-refractivity contribution is 7.89. The Hall–Kier alpha value is -2.12. The molecule has 0 aliphatic carbocycles. The first-order chi connectivity index (χ1) is 11.5. The summed E-state index contributed by atoms with van der Waals surface area (Å²) in [7, 11) is -3.62. The molecule has 0 radical (unpaired) electrons. The fourth-order valence-corrected chi connectivity index (χ4v) is 3.71. The number of amides is 1. The van der Waals surface area contributed by atoms with Gasteiger partial charge >= 0.3 is 0 Å². The molecule has 6 nitrogen and oxygen atoms in total. The van der Waals surface area contributed by atoms with Crippen molar-refractivity contribution in [3.05, 3.63) is 47.9 Å². The molecule has 24 heavy (non-hydrogen) atoms. The van der Waals surface area contributed by atoms with E-state index in [0.29, 0.717) is 18.7 Å². The van der Waals surface area contributed by atoms with Gasteiger partial charge in [0.1, 0.15) is 11.5 Å². The number of anilines is 1. The molecule has 0 unspecified atom stereocenters. The molecule has 1 aliphatic rings. The number of carbonyl (C=O) groups is 1. The van der Waals surface area contributed by atoms with Crippen molar-refractivity contribution in [2.45, 2.75) is 37.6 Å². The number of nitrogens with zero attached hydrogens (tertiary/aromatic N) is 1. The van der Waals surface area contributed by atoms with Crippen molar-refractivity contribution in [1.29, 1.82) is 0 Å². The number of piperidine rings is 1. The van der Waals surface area contributed by atoms with Gasteiger partial charge in [-0.15, -0.1) is 0 Å². The standard InChI is InChI=1S/C17H20N2O4S/c1-13-5-8-15(23-13)12-18-24(21,22)16-9-6-14(7-10-16)19-11-3-2-4-17(19)20/h5-10,18H,2-4,11-12H2,1H3. The molecular formula is C17H20N2O4S. The molecule has 2 heterocycles. The molecule has 0 bridgehead atoms. The topological polar surface area (TPSA) is 79.6 Å². The third-order valence-electron chi connectivity index (χ3n) is 4.01. The quantitative estimate of drug-likeness (QED) is 0.901. The average molecular weight is 348 g/mol. The molecule has 1 aromatic carbocycles. The predicted molar refractivity (Wildman–Crippen MR) is 90.1 cm³/mol. The van der Waals surface area contributed by atoms with Crippen molar-refractivity contribution in [2.24, 2.45) is 0 Å². The Morgan fingerprint density at radius 3 is 2.50 bits per heavy atom. The first kappa shape index (κ1) is 16.7. The molecular weight excluding hydrogens is 328 g/mol. The normalized spacial score (nSPS) is 15.7. The summed E-state index contributed by atoms with van der Waals surface area (Å²) in [6.45, 7) is 2.59. The van der Waals surface area contributed by atoms with Crippen LogP contribution in [0.1, 0.15) is 30.8 Å². The first-order valence-electron chi connectivity index (χ1n) is 7.91. The van der Waals surface area contributed by atoms with E-state index in [2.05, 4.69) is 4.72 Å². The van der Waals surface area contributed by atoms with Crippen LogP contribution >= 0.6 is 0 Å². The number of hydrogen-bond donors (Lipinski definition) is 1. The van der Waals surface area contributed by atoms with E-state index in [1.807, 2.05) is 0 Å². The fraction of sp³-hybridized carbons (Fsp3) is 0.353. The molecule has 1 aliphatic heterocycles. The van der Waals surface area contributed by atoms with Crippen LogP contribution in [0.15, 0.2) is 45.7 Å². The van der Waals surface area contributed by atoms with Gasteiger partial charge in [-0.3, -0.25) is 4.79 Å². The molecule has 0 saturated carbocycles. The Morgan fingerprint density at radius 2 is 1.88 bits per heavy atom. The van der Waals surface area contributed by atoms with Gasteiger partial charge in [0.2, 0.25) is 15.9 Å². The summed E-state index contributed by atoms with van der Waals surface area (Å²) < 4.78 is 32.5. The van der Waals surface area contributed by atoms with Gasteiger partial charge in [-0.25, -0.2) is 13.1 Å². The third kappa shape index (κ3) is 3.68. The highest BCUT2D eigenvalue weighted by Gasteiger charge is 2.20. The lowest BCUT2D eigenvalue weighted by Gasteiger charge is -2.26. The van der Waals surface area contributed by atoms with Crippen LogP contribution in [0.2, 0.25) is 0 Å². The van der Waals surface area contributed by atoms with E-state index < -0.39 is 10.0 Å². The Labute approximate surface area is 141 Å². The van der Waals surface area contributed by atoms with Crippen LogP contribution in [0.4, 0.5) is 5.69 Å². The Kier molecular flexibility index (Phi) is 4.73. The maximum Gasteiger partial charge on any atom is 0.240 e. The van der Waals surface area contributed by atoms with Crippen LogP contribution in [0.5, 0.6) is 0 Å². The third-order valence-corrected chi connectivity index (χ3v) is 5.43. The monoisotopic (exact) mass is 348 g/mol. The lowest BCUT2D eigenvalue weighted by Crippen LogP contribution is -2.35. The van der Waals surface area contributed by atoms with Gasteiger partial charge in [-0.1, -0.05) is 0 Å². The minimum absolute atomic E-state index is 0.0863. The van der Waals surface area contributed by atoms with Crippen LogP contribution in [0.25, 0.3) is 0 Å². The summed E-state index contributed by atoms with van der Waals surface area (Å²) in [6, 6.07) is 9.92. The van der Waals surface area contributed by atoms with Crippen molar-refractivity contribution in [2.75, 3.05) is 11.4 Å². The SMILES string of the molecule is Cc1ccc(CNS(=O)(=O)c2ccc(N3CCCCC3=O)cc2)o1. The Bertz CT molecular complexity index is 825. The van der Waals surface area contributed by atoms with Gasteiger partial charge < -0.3 is 9.32 Å². The summed E-state index contributed by atoms with van der Waals surface area (Å²) in [5.74, 6) is 1.38. The smallest absolute Gasteiger partial charge is 0.240 e.